The van der Waals surface area contributed by atoms with Crippen LogP contribution in [0.15, 0.2) is 18.5 Å². The molecule has 18 heavy (non-hydrogen) atoms. The van der Waals surface area contributed by atoms with Crippen molar-refractivity contribution in [1.29, 1.82) is 0 Å². The van der Waals surface area contributed by atoms with Crippen molar-refractivity contribution in [1.82, 2.24) is 14.5 Å². The second-order valence-electron chi connectivity index (χ2n) is 4.61. The van der Waals surface area contributed by atoms with Crippen LogP contribution in [-0.2, 0) is 11.3 Å². The molecule has 0 amide bonds. The van der Waals surface area contributed by atoms with Gasteiger partial charge in [0.1, 0.15) is 5.52 Å². The average Bonchev–Trinajstić information content (AvgIpc) is 2.65. The van der Waals surface area contributed by atoms with Crippen LogP contribution in [0.1, 0.15) is 26.7 Å². The first kappa shape index (κ1) is 12.8. The highest BCUT2D eigenvalue weighted by molar-refractivity contribution is 5.76. The Bertz CT molecular complexity index is 507. The van der Waals surface area contributed by atoms with Gasteiger partial charge >= 0.3 is 0 Å². The van der Waals surface area contributed by atoms with E-state index in [1.54, 1.807) is 12.4 Å². The average molecular weight is 248 g/mol. The lowest BCUT2D eigenvalue weighted by molar-refractivity contribution is 0.0755. The molecule has 0 fully saturated rings. The molecule has 2 aromatic rings. The Morgan fingerprint density at radius 3 is 3.00 bits per heavy atom. The predicted octanol–water partition coefficient (Wildman–Crippen LogP) is 2.22. The summed E-state index contributed by atoms with van der Waals surface area (Å²) in [6.45, 7) is 5.77. The molecule has 2 heterocycles. The zero-order valence-electron chi connectivity index (χ0n) is 11.0. The highest BCUT2D eigenvalue weighted by atomic mass is 16.5. The minimum Gasteiger partial charge on any atom is -0.379 e. The standard InChI is InChI=1S/C13H20N4O/c1-10(2)18-8-4-3-7-17-12-5-6-15-9-11(12)16-13(17)14/h5-6,9-10H,3-4,7-8H2,1-2H3,(H2,14,16). The fourth-order valence-electron chi connectivity index (χ4n) is 1.93. The number of nitrogens with zero attached hydrogens (tertiary/aromatic N) is 3. The molecule has 0 aliphatic carbocycles. The maximum Gasteiger partial charge on any atom is 0.201 e. The Balaban J connectivity index is 1.93. The van der Waals surface area contributed by atoms with Gasteiger partial charge in [0.2, 0.25) is 5.95 Å². The van der Waals surface area contributed by atoms with Gasteiger partial charge in [-0.25, -0.2) is 4.98 Å². The van der Waals surface area contributed by atoms with Crippen molar-refractivity contribution in [3.8, 4) is 0 Å². The van der Waals surface area contributed by atoms with Crippen molar-refractivity contribution in [3.05, 3.63) is 18.5 Å². The Morgan fingerprint density at radius 2 is 2.22 bits per heavy atom. The first-order valence-corrected chi connectivity index (χ1v) is 6.36. The zero-order chi connectivity index (χ0) is 13.0. The lowest BCUT2D eigenvalue weighted by Crippen LogP contribution is -2.07. The van der Waals surface area contributed by atoms with Gasteiger partial charge in [0.25, 0.3) is 0 Å². The third-order valence-corrected chi connectivity index (χ3v) is 2.81. The van der Waals surface area contributed by atoms with Crippen LogP contribution in [0.2, 0.25) is 0 Å². The number of imidazole rings is 1. The van der Waals surface area contributed by atoms with Crippen molar-refractivity contribution in [3.63, 3.8) is 0 Å². The van der Waals surface area contributed by atoms with Gasteiger partial charge in [-0.05, 0) is 32.8 Å². The number of hydrogen-bond donors (Lipinski definition) is 1. The maximum atomic E-state index is 5.91. The number of aryl methyl sites for hydroxylation is 1. The third-order valence-electron chi connectivity index (χ3n) is 2.81. The van der Waals surface area contributed by atoms with Gasteiger partial charge in [0, 0.05) is 19.3 Å². The molecule has 0 bridgehead atoms. The summed E-state index contributed by atoms with van der Waals surface area (Å²) in [5.41, 5.74) is 7.81. The van der Waals surface area contributed by atoms with Crippen LogP contribution in [0, 0.1) is 0 Å². The first-order valence-electron chi connectivity index (χ1n) is 6.36. The summed E-state index contributed by atoms with van der Waals surface area (Å²) in [5, 5.41) is 0. The van der Waals surface area contributed by atoms with Gasteiger partial charge in [0.15, 0.2) is 0 Å². The molecule has 98 valence electrons. The Labute approximate surface area is 107 Å². The molecule has 2 N–H and O–H groups in total. The lowest BCUT2D eigenvalue weighted by Gasteiger charge is -2.08. The number of nitrogen functional groups attached to an aromatic ring is 1. The quantitative estimate of drug-likeness (QED) is 0.796. The lowest BCUT2D eigenvalue weighted by atomic mass is 10.3. The summed E-state index contributed by atoms with van der Waals surface area (Å²) in [6.07, 6.45) is 5.87. The largest absolute Gasteiger partial charge is 0.379 e. The van der Waals surface area contributed by atoms with Gasteiger partial charge < -0.3 is 15.0 Å². The van der Waals surface area contributed by atoms with Crippen molar-refractivity contribution >= 4 is 17.0 Å². The van der Waals surface area contributed by atoms with Gasteiger partial charge in [0.05, 0.1) is 17.8 Å². The predicted molar refractivity (Wildman–Crippen MR) is 72.3 cm³/mol. The van der Waals surface area contributed by atoms with E-state index in [4.69, 9.17) is 10.5 Å². The van der Waals surface area contributed by atoms with Gasteiger partial charge in [-0.2, -0.15) is 0 Å². The molecule has 0 aliphatic rings. The topological polar surface area (TPSA) is 66.0 Å². The number of nitrogens with two attached hydrogens (primary N) is 1. The van der Waals surface area contributed by atoms with E-state index in [-0.39, 0.29) is 0 Å². The maximum absolute atomic E-state index is 5.91. The van der Waals surface area contributed by atoms with Gasteiger partial charge in [-0.3, -0.25) is 4.98 Å². The summed E-state index contributed by atoms with van der Waals surface area (Å²) < 4.78 is 7.55. The molecule has 0 saturated carbocycles. The van der Waals surface area contributed by atoms with Crippen LogP contribution in [-0.4, -0.2) is 27.2 Å². The van der Waals surface area contributed by atoms with E-state index in [0.29, 0.717) is 12.1 Å². The molecule has 0 unspecified atom stereocenters. The second kappa shape index (κ2) is 5.82. The van der Waals surface area contributed by atoms with Crippen LogP contribution >= 0.6 is 0 Å². The number of ether oxygens (including phenoxy) is 1. The zero-order valence-corrected chi connectivity index (χ0v) is 11.0. The second-order valence-corrected chi connectivity index (χ2v) is 4.61. The highest BCUT2D eigenvalue weighted by Crippen LogP contribution is 2.17. The molecule has 0 radical (unpaired) electrons. The Kier molecular flexibility index (Phi) is 4.15. The van der Waals surface area contributed by atoms with Crippen LogP contribution in [0.5, 0.6) is 0 Å². The third kappa shape index (κ3) is 2.98. The molecular formula is C13H20N4O. The fraction of sp³-hybridized carbons (Fsp3) is 0.538. The number of anilines is 1. The molecule has 5 nitrogen and oxygen atoms in total. The van der Waals surface area contributed by atoms with Crippen LogP contribution < -0.4 is 5.73 Å². The van der Waals surface area contributed by atoms with Crippen LogP contribution in [0.3, 0.4) is 0 Å². The number of hydrogen-bond acceptors (Lipinski definition) is 4. The molecule has 2 rings (SSSR count). The first-order chi connectivity index (χ1) is 8.68. The SMILES string of the molecule is CC(C)OCCCCn1c(N)nc2cnccc21. The van der Waals surface area contributed by atoms with Crippen molar-refractivity contribution < 1.29 is 4.74 Å². The molecule has 0 aliphatic heterocycles. The smallest absolute Gasteiger partial charge is 0.201 e. The van der Waals surface area contributed by atoms with E-state index >= 15 is 0 Å². The van der Waals surface area contributed by atoms with E-state index in [9.17, 15) is 0 Å². The fourth-order valence-corrected chi connectivity index (χ4v) is 1.93. The van der Waals surface area contributed by atoms with Gasteiger partial charge in [-0.15, -0.1) is 0 Å². The number of pyridine rings is 1. The van der Waals surface area contributed by atoms with Crippen molar-refractivity contribution in [2.45, 2.75) is 39.3 Å². The molecular weight excluding hydrogens is 228 g/mol. The number of fused-ring (bicyclic) bond motifs is 1. The summed E-state index contributed by atoms with van der Waals surface area (Å²) >= 11 is 0. The molecule has 0 aromatic carbocycles. The molecule has 2 aromatic heterocycles. The van der Waals surface area contributed by atoms with Gasteiger partial charge in [-0.1, -0.05) is 0 Å². The summed E-state index contributed by atoms with van der Waals surface area (Å²) in [4.78, 5) is 8.33. The summed E-state index contributed by atoms with van der Waals surface area (Å²) in [5.74, 6) is 0.558. The number of aromatic nitrogens is 3. The number of unbranched alkanes of at least 4 members (excludes halogenated alkanes) is 1. The number of rotatable bonds is 6. The van der Waals surface area contributed by atoms with E-state index < -0.39 is 0 Å². The molecule has 5 heteroatoms. The minimum absolute atomic E-state index is 0.301. The van der Waals surface area contributed by atoms with E-state index in [0.717, 1.165) is 37.0 Å². The Morgan fingerprint density at radius 1 is 1.39 bits per heavy atom. The summed E-state index contributed by atoms with van der Waals surface area (Å²) in [6, 6.07) is 1.95. The minimum atomic E-state index is 0.301. The van der Waals surface area contributed by atoms with E-state index in [1.807, 2.05) is 24.5 Å². The van der Waals surface area contributed by atoms with E-state index in [2.05, 4.69) is 9.97 Å². The highest BCUT2D eigenvalue weighted by Gasteiger charge is 2.07. The van der Waals surface area contributed by atoms with Crippen LogP contribution in [0.4, 0.5) is 5.95 Å². The Hall–Kier alpha value is -1.62. The van der Waals surface area contributed by atoms with Crippen LogP contribution in [0.25, 0.3) is 11.0 Å². The molecule has 0 spiro atoms. The summed E-state index contributed by atoms with van der Waals surface area (Å²) in [7, 11) is 0. The molecule has 0 saturated heterocycles. The van der Waals surface area contributed by atoms with Crippen molar-refractivity contribution in [2.75, 3.05) is 12.3 Å². The molecule has 0 atom stereocenters. The van der Waals surface area contributed by atoms with E-state index in [1.165, 1.54) is 0 Å². The van der Waals surface area contributed by atoms with Crippen molar-refractivity contribution in [2.24, 2.45) is 0 Å². The monoisotopic (exact) mass is 248 g/mol. The normalized spacial score (nSPS) is 11.5.